The van der Waals surface area contributed by atoms with Crippen LogP contribution in [-0.4, -0.2) is 19.9 Å². The third-order valence-corrected chi connectivity index (χ3v) is 7.17. The Kier molecular flexibility index (Phi) is 8.27. The van der Waals surface area contributed by atoms with Gasteiger partial charge in [-0.15, -0.1) is 0 Å². The number of halogens is 6. The highest BCUT2D eigenvalue weighted by Crippen LogP contribution is 2.41. The van der Waals surface area contributed by atoms with Crippen molar-refractivity contribution in [2.24, 2.45) is 0 Å². The van der Waals surface area contributed by atoms with Gasteiger partial charge in [0.05, 0.1) is 0 Å². The molecule has 50 heavy (non-hydrogen) atoms. The molecule has 7 aromatic rings. The maximum Gasteiger partial charge on any atom is 0.451 e. The number of ether oxygens (including phenoxy) is 2. The Bertz CT molecular complexity index is 2060. The van der Waals surface area contributed by atoms with Crippen LogP contribution in [0.4, 0.5) is 26.3 Å². The molecular formula is C36H20F6N4O4. The quantitative estimate of drug-likeness (QED) is 0.146. The Morgan fingerprint density at radius 1 is 0.400 bits per heavy atom. The van der Waals surface area contributed by atoms with Gasteiger partial charge in [-0.2, -0.15) is 26.3 Å². The van der Waals surface area contributed by atoms with Crippen molar-refractivity contribution in [3.8, 4) is 68.4 Å². The van der Waals surface area contributed by atoms with Crippen LogP contribution in [0.5, 0.6) is 23.0 Å². The van der Waals surface area contributed by atoms with Crippen molar-refractivity contribution in [3.63, 3.8) is 0 Å². The maximum absolute atomic E-state index is 13.7. The lowest BCUT2D eigenvalue weighted by atomic mass is 10.1. The van der Waals surface area contributed by atoms with Crippen molar-refractivity contribution in [2.45, 2.75) is 12.4 Å². The first-order chi connectivity index (χ1) is 24.0. The molecule has 7 rings (SSSR count). The van der Waals surface area contributed by atoms with E-state index in [0.717, 1.165) is 0 Å². The molecule has 0 aliphatic rings. The molecule has 0 spiro atoms. The summed E-state index contributed by atoms with van der Waals surface area (Å²) in [6.45, 7) is 0. The number of rotatable bonds is 8. The summed E-state index contributed by atoms with van der Waals surface area (Å²) in [7, 11) is 0. The van der Waals surface area contributed by atoms with E-state index in [-0.39, 0.29) is 34.3 Å². The van der Waals surface area contributed by atoms with Gasteiger partial charge in [0.1, 0.15) is 34.4 Å². The van der Waals surface area contributed by atoms with E-state index in [1.807, 2.05) is 0 Å². The minimum atomic E-state index is -4.75. The van der Waals surface area contributed by atoms with E-state index >= 15 is 0 Å². The summed E-state index contributed by atoms with van der Waals surface area (Å²) >= 11 is 0. The van der Waals surface area contributed by atoms with Crippen LogP contribution in [-0.2, 0) is 12.4 Å². The molecule has 4 heterocycles. The van der Waals surface area contributed by atoms with Gasteiger partial charge in [0.25, 0.3) is 0 Å². The van der Waals surface area contributed by atoms with E-state index in [1.54, 1.807) is 48.5 Å². The fraction of sp³-hybridized carbons (Fsp3) is 0.0556. The van der Waals surface area contributed by atoms with Gasteiger partial charge in [0, 0.05) is 47.0 Å². The van der Waals surface area contributed by atoms with Gasteiger partial charge in [-0.1, -0.05) is 0 Å². The highest BCUT2D eigenvalue weighted by molar-refractivity contribution is 5.67. The Labute approximate surface area is 278 Å². The van der Waals surface area contributed by atoms with E-state index in [1.165, 1.54) is 73.3 Å². The topological polar surface area (TPSA) is 96.3 Å². The number of benzene rings is 3. The molecular weight excluding hydrogens is 666 g/mol. The Morgan fingerprint density at radius 3 is 1.00 bits per heavy atom. The molecule has 0 saturated heterocycles. The third-order valence-electron chi connectivity index (χ3n) is 7.17. The van der Waals surface area contributed by atoms with Crippen LogP contribution in [0.3, 0.4) is 0 Å². The summed E-state index contributed by atoms with van der Waals surface area (Å²) < 4.78 is 104. The first-order valence-corrected chi connectivity index (χ1v) is 14.6. The Hall–Kier alpha value is -6.44. The maximum atomic E-state index is 13.7. The highest BCUT2D eigenvalue weighted by atomic mass is 19.4. The first-order valence-electron chi connectivity index (χ1n) is 14.6. The van der Waals surface area contributed by atoms with Gasteiger partial charge in [-0.3, -0.25) is 9.97 Å². The SMILES string of the molecule is FC(F)(F)c1oc(-c2ccc(Oc3ccc(Oc4ccc(-c5nc(-c6ccncc6)c(C(F)(F)F)o5)cc4)cc3)cc2)nc1-c1ccncc1. The fourth-order valence-electron chi connectivity index (χ4n) is 4.86. The largest absolute Gasteiger partial charge is 0.457 e. The van der Waals surface area contributed by atoms with Gasteiger partial charge in [-0.05, 0) is 97.1 Å². The number of alkyl halides is 6. The molecule has 0 unspecified atom stereocenters. The molecule has 0 radical (unpaired) electrons. The van der Waals surface area contributed by atoms with Crippen LogP contribution in [0.25, 0.3) is 45.4 Å². The molecule has 0 atom stereocenters. The molecule has 8 nitrogen and oxygen atoms in total. The molecule has 0 bridgehead atoms. The van der Waals surface area contributed by atoms with E-state index in [9.17, 15) is 26.3 Å². The predicted octanol–water partition coefficient (Wildman–Crippen LogP) is 10.7. The van der Waals surface area contributed by atoms with Crippen LogP contribution in [0, 0.1) is 0 Å². The monoisotopic (exact) mass is 686 g/mol. The Morgan fingerprint density at radius 2 is 0.700 bits per heavy atom. The zero-order chi connectivity index (χ0) is 34.9. The lowest BCUT2D eigenvalue weighted by Crippen LogP contribution is -2.05. The van der Waals surface area contributed by atoms with E-state index < -0.39 is 23.9 Å². The van der Waals surface area contributed by atoms with Gasteiger partial charge in [-0.25, -0.2) is 9.97 Å². The molecule has 14 heteroatoms. The standard InChI is InChI=1S/C36H20F6N4O4/c37-35(38,39)31-29(21-13-17-43-18-14-21)45-33(49-31)23-1-5-25(6-2-23)47-27-9-11-28(12-10-27)48-26-7-3-24(4-8-26)34-46-30(22-15-19-44-20-16-22)32(50-34)36(40,41)42/h1-20H. The minimum absolute atomic E-state index is 0.202. The van der Waals surface area contributed by atoms with Gasteiger partial charge < -0.3 is 18.3 Å². The number of nitrogens with zero attached hydrogens (tertiary/aromatic N) is 4. The molecule has 0 N–H and O–H groups in total. The number of oxazole rings is 2. The Balaban J connectivity index is 1.01. The molecule has 0 aliphatic carbocycles. The summed E-state index contributed by atoms with van der Waals surface area (Å²) in [6, 6.07) is 24.6. The molecule has 0 aliphatic heterocycles. The van der Waals surface area contributed by atoms with E-state index in [0.29, 0.717) is 34.1 Å². The van der Waals surface area contributed by atoms with Crippen LogP contribution >= 0.6 is 0 Å². The fourth-order valence-corrected chi connectivity index (χ4v) is 4.86. The number of aromatic nitrogens is 4. The van der Waals surface area contributed by atoms with Crippen molar-refractivity contribution < 1.29 is 44.7 Å². The number of hydrogen-bond donors (Lipinski definition) is 0. The molecule has 0 saturated carbocycles. The second-order valence-corrected chi connectivity index (χ2v) is 10.6. The van der Waals surface area contributed by atoms with Crippen LogP contribution < -0.4 is 9.47 Å². The average molecular weight is 687 g/mol. The summed E-state index contributed by atoms with van der Waals surface area (Å²) in [6.07, 6.45) is -4.03. The molecule has 0 amide bonds. The van der Waals surface area contributed by atoms with Crippen LogP contribution in [0.2, 0.25) is 0 Å². The van der Waals surface area contributed by atoms with Crippen LogP contribution in [0.1, 0.15) is 11.5 Å². The van der Waals surface area contributed by atoms with E-state index in [2.05, 4.69) is 19.9 Å². The summed E-state index contributed by atoms with van der Waals surface area (Å²) in [4.78, 5) is 15.9. The zero-order valence-electron chi connectivity index (χ0n) is 25.2. The van der Waals surface area contributed by atoms with Crippen molar-refractivity contribution >= 4 is 0 Å². The summed E-state index contributed by atoms with van der Waals surface area (Å²) in [5.41, 5.74) is 0.399. The zero-order valence-corrected chi connectivity index (χ0v) is 25.2. The molecule has 250 valence electrons. The normalized spacial score (nSPS) is 11.8. The smallest absolute Gasteiger partial charge is 0.451 e. The lowest BCUT2D eigenvalue weighted by Gasteiger charge is -2.09. The number of pyridine rings is 2. The summed E-state index contributed by atoms with van der Waals surface area (Å²) in [5.74, 6) is -1.11. The van der Waals surface area contributed by atoms with Gasteiger partial charge in [0.15, 0.2) is 0 Å². The number of hydrogen-bond acceptors (Lipinski definition) is 8. The van der Waals surface area contributed by atoms with Crippen molar-refractivity contribution in [3.05, 3.63) is 133 Å². The van der Waals surface area contributed by atoms with Crippen molar-refractivity contribution in [1.29, 1.82) is 0 Å². The van der Waals surface area contributed by atoms with Gasteiger partial charge in [0.2, 0.25) is 23.3 Å². The lowest BCUT2D eigenvalue weighted by molar-refractivity contribution is -0.152. The summed E-state index contributed by atoms with van der Waals surface area (Å²) in [5, 5.41) is 0. The molecule has 3 aromatic carbocycles. The molecule has 0 fully saturated rings. The van der Waals surface area contributed by atoms with E-state index in [4.69, 9.17) is 18.3 Å². The van der Waals surface area contributed by atoms with Crippen molar-refractivity contribution in [2.75, 3.05) is 0 Å². The third kappa shape index (κ3) is 6.90. The van der Waals surface area contributed by atoms with Crippen molar-refractivity contribution in [1.82, 2.24) is 19.9 Å². The first kappa shape index (κ1) is 32.1. The minimum Gasteiger partial charge on any atom is -0.457 e. The second-order valence-electron chi connectivity index (χ2n) is 10.6. The molecule has 4 aromatic heterocycles. The van der Waals surface area contributed by atoms with Crippen LogP contribution in [0.15, 0.2) is 131 Å². The van der Waals surface area contributed by atoms with Gasteiger partial charge >= 0.3 is 12.4 Å². The predicted molar refractivity (Wildman–Crippen MR) is 167 cm³/mol. The highest BCUT2D eigenvalue weighted by Gasteiger charge is 2.41. The second kappa shape index (κ2) is 12.9. The average Bonchev–Trinajstić information content (AvgIpc) is 3.78.